The van der Waals surface area contributed by atoms with Crippen molar-refractivity contribution in [3.05, 3.63) is 68.1 Å². The Labute approximate surface area is 132 Å². The number of nitrogens with two attached hydrogens (primary N) is 1. The zero-order chi connectivity index (χ0) is 14.7. The number of hydrogen-bond acceptors (Lipinski definition) is 2. The summed E-state index contributed by atoms with van der Waals surface area (Å²) in [5.41, 5.74) is 4.27. The summed E-state index contributed by atoms with van der Waals surface area (Å²) in [5.74, 6) is 4.89. The molecule has 0 bridgehead atoms. The molecule has 2 aromatic rings. The average molecular weight is 406 g/mol. The lowest BCUT2D eigenvalue weighted by Gasteiger charge is -2.17. The van der Waals surface area contributed by atoms with Crippen molar-refractivity contribution in [2.24, 2.45) is 5.84 Å². The molecule has 0 heterocycles. The van der Waals surface area contributed by atoms with Gasteiger partial charge in [0, 0.05) is 4.47 Å². The third-order valence-corrected chi connectivity index (χ3v) is 3.98. The third kappa shape index (κ3) is 3.85. The second kappa shape index (κ2) is 6.76. The fourth-order valence-electron chi connectivity index (χ4n) is 1.95. The minimum Gasteiger partial charge on any atom is -0.271 e. The van der Waals surface area contributed by atoms with Crippen LogP contribution in [0.5, 0.6) is 0 Å². The smallest absolute Gasteiger partial charge is 0.137 e. The molecule has 0 aliphatic heterocycles. The molecule has 2 rings (SSSR count). The van der Waals surface area contributed by atoms with Crippen LogP contribution < -0.4 is 11.3 Å². The monoisotopic (exact) mass is 404 g/mol. The Bertz CT molecular complexity index is 600. The number of hydrazine groups is 1. The standard InChI is InChI=1S/C14H12Br2F2N2/c15-10-5-9(6-11(17)7-10)14(20-19)4-8-1-2-13(18)12(16)3-8/h1-3,5-7,14,20H,4,19H2. The van der Waals surface area contributed by atoms with Crippen molar-refractivity contribution in [1.29, 1.82) is 0 Å². The molecule has 0 saturated heterocycles. The predicted molar refractivity (Wildman–Crippen MR) is 82.0 cm³/mol. The molecule has 6 heteroatoms. The number of halogens is 4. The van der Waals surface area contributed by atoms with Crippen molar-refractivity contribution in [3.8, 4) is 0 Å². The van der Waals surface area contributed by atoms with Gasteiger partial charge in [-0.25, -0.2) is 8.78 Å². The maximum atomic E-state index is 13.4. The SMILES string of the molecule is NNC(Cc1ccc(F)c(Br)c1)c1cc(F)cc(Br)c1. The van der Waals surface area contributed by atoms with E-state index in [-0.39, 0.29) is 17.7 Å². The van der Waals surface area contributed by atoms with E-state index in [4.69, 9.17) is 5.84 Å². The molecule has 0 amide bonds. The molecule has 0 aliphatic rings. The van der Waals surface area contributed by atoms with E-state index in [2.05, 4.69) is 37.3 Å². The molecule has 0 saturated carbocycles. The second-order valence-electron chi connectivity index (χ2n) is 4.37. The van der Waals surface area contributed by atoms with E-state index in [9.17, 15) is 8.78 Å². The van der Waals surface area contributed by atoms with Crippen LogP contribution in [0.4, 0.5) is 8.78 Å². The van der Waals surface area contributed by atoms with Crippen molar-refractivity contribution >= 4 is 31.9 Å². The summed E-state index contributed by atoms with van der Waals surface area (Å²) in [6, 6.07) is 9.09. The molecular weight excluding hydrogens is 394 g/mol. The normalized spacial score (nSPS) is 12.4. The van der Waals surface area contributed by atoms with Crippen LogP contribution in [-0.2, 0) is 6.42 Å². The lowest BCUT2D eigenvalue weighted by atomic mass is 9.99. The quantitative estimate of drug-likeness (QED) is 0.589. The van der Waals surface area contributed by atoms with E-state index in [1.54, 1.807) is 18.2 Å². The first kappa shape index (κ1) is 15.6. The van der Waals surface area contributed by atoms with Gasteiger partial charge in [-0.05, 0) is 63.8 Å². The fourth-order valence-corrected chi connectivity index (χ4v) is 2.86. The van der Waals surface area contributed by atoms with Crippen LogP contribution in [-0.4, -0.2) is 0 Å². The van der Waals surface area contributed by atoms with Gasteiger partial charge in [-0.15, -0.1) is 0 Å². The highest BCUT2D eigenvalue weighted by atomic mass is 79.9. The van der Waals surface area contributed by atoms with Crippen molar-refractivity contribution in [2.75, 3.05) is 0 Å². The molecule has 1 atom stereocenters. The van der Waals surface area contributed by atoms with Crippen LogP contribution in [0.3, 0.4) is 0 Å². The molecule has 3 N–H and O–H groups in total. The minimum absolute atomic E-state index is 0.264. The molecule has 0 aromatic heterocycles. The Hall–Kier alpha value is -0.820. The van der Waals surface area contributed by atoms with E-state index < -0.39 is 0 Å². The zero-order valence-electron chi connectivity index (χ0n) is 10.3. The maximum Gasteiger partial charge on any atom is 0.137 e. The lowest BCUT2D eigenvalue weighted by Crippen LogP contribution is -2.29. The summed E-state index contributed by atoms with van der Waals surface area (Å²) in [5, 5.41) is 0. The van der Waals surface area contributed by atoms with E-state index in [1.807, 2.05) is 0 Å². The molecule has 2 aromatic carbocycles. The molecule has 0 radical (unpaired) electrons. The Balaban J connectivity index is 2.26. The Kier molecular flexibility index (Phi) is 5.26. The van der Waals surface area contributed by atoms with Crippen LogP contribution in [0, 0.1) is 11.6 Å². The highest BCUT2D eigenvalue weighted by Crippen LogP contribution is 2.25. The first-order valence-electron chi connectivity index (χ1n) is 5.85. The lowest BCUT2D eigenvalue weighted by molar-refractivity contribution is 0.543. The van der Waals surface area contributed by atoms with Gasteiger partial charge in [-0.1, -0.05) is 22.0 Å². The van der Waals surface area contributed by atoms with Crippen molar-refractivity contribution in [1.82, 2.24) is 5.43 Å². The topological polar surface area (TPSA) is 38.0 Å². The zero-order valence-corrected chi connectivity index (χ0v) is 13.5. The average Bonchev–Trinajstić information content (AvgIpc) is 2.38. The van der Waals surface area contributed by atoms with Crippen LogP contribution >= 0.6 is 31.9 Å². The largest absolute Gasteiger partial charge is 0.271 e. The molecule has 106 valence electrons. The van der Waals surface area contributed by atoms with Gasteiger partial charge in [-0.2, -0.15) is 0 Å². The first-order chi connectivity index (χ1) is 9.49. The summed E-state index contributed by atoms with van der Waals surface area (Å²) in [7, 11) is 0. The third-order valence-electron chi connectivity index (χ3n) is 2.91. The predicted octanol–water partition coefficient (Wildman–Crippen LogP) is 4.24. The molecule has 0 fully saturated rings. The summed E-state index contributed by atoms with van der Waals surface area (Å²) in [6.07, 6.45) is 0.519. The maximum absolute atomic E-state index is 13.4. The van der Waals surface area contributed by atoms with E-state index in [0.717, 1.165) is 11.1 Å². The van der Waals surface area contributed by atoms with E-state index >= 15 is 0 Å². The molecule has 0 aliphatic carbocycles. The fraction of sp³-hybridized carbons (Fsp3) is 0.143. The Morgan fingerprint density at radius 3 is 2.45 bits per heavy atom. The van der Waals surface area contributed by atoms with Crippen LogP contribution in [0.15, 0.2) is 45.3 Å². The Morgan fingerprint density at radius 1 is 1.10 bits per heavy atom. The van der Waals surface area contributed by atoms with Gasteiger partial charge >= 0.3 is 0 Å². The van der Waals surface area contributed by atoms with E-state index in [1.165, 1.54) is 18.2 Å². The highest BCUT2D eigenvalue weighted by molar-refractivity contribution is 9.10. The molecular formula is C14H12Br2F2N2. The minimum atomic E-state index is -0.338. The second-order valence-corrected chi connectivity index (χ2v) is 6.14. The summed E-state index contributed by atoms with van der Waals surface area (Å²) in [4.78, 5) is 0. The molecule has 20 heavy (non-hydrogen) atoms. The van der Waals surface area contributed by atoms with Gasteiger partial charge in [0.25, 0.3) is 0 Å². The first-order valence-corrected chi connectivity index (χ1v) is 7.44. The van der Waals surface area contributed by atoms with Gasteiger partial charge in [-0.3, -0.25) is 11.3 Å². The molecule has 2 nitrogen and oxygen atoms in total. The van der Waals surface area contributed by atoms with Gasteiger partial charge in [0.1, 0.15) is 11.6 Å². The van der Waals surface area contributed by atoms with Gasteiger partial charge in [0.2, 0.25) is 0 Å². The van der Waals surface area contributed by atoms with Gasteiger partial charge in [0.15, 0.2) is 0 Å². The number of rotatable bonds is 4. The van der Waals surface area contributed by atoms with Crippen LogP contribution in [0.2, 0.25) is 0 Å². The van der Waals surface area contributed by atoms with Gasteiger partial charge in [0.05, 0.1) is 10.5 Å². The molecule has 0 spiro atoms. The van der Waals surface area contributed by atoms with Crippen LogP contribution in [0.1, 0.15) is 17.2 Å². The highest BCUT2D eigenvalue weighted by Gasteiger charge is 2.13. The van der Waals surface area contributed by atoms with Gasteiger partial charge < -0.3 is 0 Å². The van der Waals surface area contributed by atoms with E-state index in [0.29, 0.717) is 15.4 Å². The summed E-state index contributed by atoms with van der Waals surface area (Å²) >= 11 is 6.39. The summed E-state index contributed by atoms with van der Waals surface area (Å²) < 4.78 is 27.7. The number of hydrogen-bond donors (Lipinski definition) is 2. The van der Waals surface area contributed by atoms with Crippen molar-refractivity contribution < 1.29 is 8.78 Å². The number of benzene rings is 2. The van der Waals surface area contributed by atoms with Crippen molar-refractivity contribution in [2.45, 2.75) is 12.5 Å². The van der Waals surface area contributed by atoms with Crippen LogP contribution in [0.25, 0.3) is 0 Å². The van der Waals surface area contributed by atoms with Crippen molar-refractivity contribution in [3.63, 3.8) is 0 Å². The Morgan fingerprint density at radius 2 is 1.85 bits per heavy atom. The molecule has 1 unspecified atom stereocenters. The summed E-state index contributed by atoms with van der Waals surface area (Å²) in [6.45, 7) is 0. The number of nitrogens with one attached hydrogen (secondary N) is 1.